The summed E-state index contributed by atoms with van der Waals surface area (Å²) in [7, 11) is 0. The molecule has 1 aromatic carbocycles. The number of aromatic amines is 1. The predicted molar refractivity (Wildman–Crippen MR) is 83.3 cm³/mol. The van der Waals surface area contributed by atoms with Gasteiger partial charge in [0.15, 0.2) is 10.9 Å². The molecule has 122 valence electrons. The highest BCUT2D eigenvalue weighted by Gasteiger charge is 2.20. The van der Waals surface area contributed by atoms with Crippen molar-refractivity contribution in [1.29, 1.82) is 0 Å². The molecular formula is C15H16FN3O3S. The molecule has 0 amide bonds. The summed E-state index contributed by atoms with van der Waals surface area (Å²) in [6.45, 7) is 1.14. The largest absolute Gasteiger partial charge is 0.376 e. The fourth-order valence-corrected chi connectivity index (χ4v) is 3.27. The molecule has 0 radical (unpaired) electrons. The van der Waals surface area contributed by atoms with Crippen molar-refractivity contribution in [2.24, 2.45) is 0 Å². The molecule has 1 atom stereocenters. The Balaban J connectivity index is 1.64. The summed E-state index contributed by atoms with van der Waals surface area (Å²) in [5, 5.41) is 6.82. The molecule has 1 aliphatic rings. The van der Waals surface area contributed by atoms with E-state index in [1.807, 2.05) is 0 Å². The first-order valence-electron chi connectivity index (χ1n) is 7.32. The van der Waals surface area contributed by atoms with Gasteiger partial charge in [-0.05, 0) is 37.1 Å². The molecule has 3 rings (SSSR count). The van der Waals surface area contributed by atoms with Crippen LogP contribution in [0.1, 0.15) is 23.2 Å². The fraction of sp³-hybridized carbons (Fsp3) is 0.400. The van der Waals surface area contributed by atoms with Crippen LogP contribution in [0.4, 0.5) is 4.39 Å². The summed E-state index contributed by atoms with van der Waals surface area (Å²) in [5.41, 5.74) is 0.125. The van der Waals surface area contributed by atoms with Crippen LogP contribution in [0.15, 0.2) is 34.2 Å². The second-order valence-electron chi connectivity index (χ2n) is 5.28. The number of rotatable bonds is 6. The van der Waals surface area contributed by atoms with Gasteiger partial charge in [-0.15, -0.1) is 5.10 Å². The summed E-state index contributed by atoms with van der Waals surface area (Å²) in [6, 6.07) is 5.39. The Morgan fingerprint density at radius 3 is 2.91 bits per heavy atom. The zero-order valence-electron chi connectivity index (χ0n) is 12.3. The first-order chi connectivity index (χ1) is 11.1. The van der Waals surface area contributed by atoms with E-state index < -0.39 is 0 Å². The van der Waals surface area contributed by atoms with E-state index in [0.717, 1.165) is 12.8 Å². The molecule has 0 unspecified atom stereocenters. The highest BCUT2D eigenvalue weighted by atomic mass is 32.2. The van der Waals surface area contributed by atoms with Gasteiger partial charge in [-0.3, -0.25) is 9.36 Å². The number of benzene rings is 1. The second kappa shape index (κ2) is 7.10. The van der Waals surface area contributed by atoms with Crippen LogP contribution < -0.4 is 5.69 Å². The van der Waals surface area contributed by atoms with Gasteiger partial charge in [0.05, 0.1) is 18.4 Å². The van der Waals surface area contributed by atoms with E-state index in [0.29, 0.717) is 23.9 Å². The summed E-state index contributed by atoms with van der Waals surface area (Å²) in [6.07, 6.45) is 1.91. The maximum absolute atomic E-state index is 12.9. The van der Waals surface area contributed by atoms with Gasteiger partial charge >= 0.3 is 5.69 Å². The standard InChI is InChI=1S/C15H16FN3O3S/c16-11-5-3-10(4-6-11)13(20)9-23-15-18-17-14(21)19(15)8-12-2-1-7-22-12/h3-6,12H,1-2,7-9H2,(H,17,21)/t12-/m1/s1. The lowest BCUT2D eigenvalue weighted by molar-refractivity contribution is 0.0941. The minimum absolute atomic E-state index is 0.0115. The smallest absolute Gasteiger partial charge is 0.344 e. The number of hydrogen-bond acceptors (Lipinski definition) is 5. The van der Waals surface area contributed by atoms with E-state index in [4.69, 9.17) is 4.74 Å². The molecule has 8 heteroatoms. The van der Waals surface area contributed by atoms with Crippen molar-refractivity contribution >= 4 is 17.5 Å². The second-order valence-corrected chi connectivity index (χ2v) is 6.22. The van der Waals surface area contributed by atoms with Gasteiger partial charge in [-0.1, -0.05) is 11.8 Å². The van der Waals surface area contributed by atoms with Gasteiger partial charge in [0, 0.05) is 12.2 Å². The number of Topliss-reactive ketones (excluding diaryl/α,β-unsaturated/α-hetero) is 1. The molecule has 2 heterocycles. The SMILES string of the molecule is O=C(CSc1n[nH]c(=O)n1C[C@H]1CCCO1)c1ccc(F)cc1. The molecule has 1 saturated heterocycles. The molecule has 0 aliphatic carbocycles. The number of carbonyl (C=O) groups is 1. The number of hydrogen-bond donors (Lipinski definition) is 1. The Morgan fingerprint density at radius 1 is 1.43 bits per heavy atom. The van der Waals surface area contributed by atoms with Gasteiger partial charge in [0.1, 0.15) is 5.82 Å². The number of carbonyl (C=O) groups excluding carboxylic acids is 1. The van der Waals surface area contributed by atoms with Crippen molar-refractivity contribution < 1.29 is 13.9 Å². The molecule has 1 N–H and O–H groups in total. The van der Waals surface area contributed by atoms with Gasteiger partial charge in [-0.2, -0.15) is 0 Å². The number of H-pyrrole nitrogens is 1. The monoisotopic (exact) mass is 337 g/mol. The van der Waals surface area contributed by atoms with Gasteiger partial charge in [0.25, 0.3) is 0 Å². The van der Waals surface area contributed by atoms with Crippen LogP contribution in [0.3, 0.4) is 0 Å². The molecule has 2 aromatic rings. The Labute approximate surface area is 136 Å². The van der Waals surface area contributed by atoms with Crippen molar-refractivity contribution in [2.45, 2.75) is 30.6 Å². The molecule has 1 aromatic heterocycles. The van der Waals surface area contributed by atoms with Crippen LogP contribution in [0, 0.1) is 5.82 Å². The van der Waals surface area contributed by atoms with E-state index in [9.17, 15) is 14.0 Å². The molecule has 1 fully saturated rings. The highest BCUT2D eigenvalue weighted by molar-refractivity contribution is 7.99. The van der Waals surface area contributed by atoms with Crippen molar-refractivity contribution in [3.8, 4) is 0 Å². The molecule has 0 bridgehead atoms. The lowest BCUT2D eigenvalue weighted by Gasteiger charge is -2.10. The van der Waals surface area contributed by atoms with E-state index in [2.05, 4.69) is 10.2 Å². The number of thioether (sulfide) groups is 1. The molecule has 6 nitrogen and oxygen atoms in total. The summed E-state index contributed by atoms with van der Waals surface area (Å²) in [5.74, 6) is -0.400. The predicted octanol–water partition coefficient (Wildman–Crippen LogP) is 1.86. The Kier molecular flexibility index (Phi) is 4.92. The number of nitrogens with one attached hydrogen (secondary N) is 1. The van der Waals surface area contributed by atoms with E-state index in [1.54, 1.807) is 0 Å². The summed E-state index contributed by atoms with van der Waals surface area (Å²) >= 11 is 1.18. The molecule has 0 spiro atoms. The number of ether oxygens (including phenoxy) is 1. The third kappa shape index (κ3) is 3.89. The van der Waals surface area contributed by atoms with Crippen LogP contribution in [0.25, 0.3) is 0 Å². The van der Waals surface area contributed by atoms with Crippen molar-refractivity contribution in [3.63, 3.8) is 0 Å². The third-order valence-electron chi connectivity index (χ3n) is 3.63. The van der Waals surface area contributed by atoms with E-state index in [1.165, 1.54) is 40.6 Å². The Hall–Kier alpha value is -1.93. The van der Waals surface area contributed by atoms with Crippen LogP contribution >= 0.6 is 11.8 Å². The van der Waals surface area contributed by atoms with Crippen molar-refractivity contribution in [1.82, 2.24) is 14.8 Å². The first-order valence-corrected chi connectivity index (χ1v) is 8.30. The zero-order chi connectivity index (χ0) is 16.2. The Morgan fingerprint density at radius 2 is 2.22 bits per heavy atom. The molecule has 23 heavy (non-hydrogen) atoms. The molecule has 1 aliphatic heterocycles. The normalized spacial score (nSPS) is 17.5. The first kappa shape index (κ1) is 15.9. The minimum atomic E-state index is -0.382. The number of aromatic nitrogens is 3. The molecular weight excluding hydrogens is 321 g/mol. The lowest BCUT2D eigenvalue weighted by atomic mass is 10.1. The van der Waals surface area contributed by atoms with Crippen LogP contribution in [0.5, 0.6) is 0 Å². The van der Waals surface area contributed by atoms with Crippen LogP contribution in [0.2, 0.25) is 0 Å². The zero-order valence-corrected chi connectivity index (χ0v) is 13.1. The quantitative estimate of drug-likeness (QED) is 0.643. The average Bonchev–Trinajstić information content (AvgIpc) is 3.18. The van der Waals surface area contributed by atoms with E-state index in [-0.39, 0.29) is 29.1 Å². The van der Waals surface area contributed by atoms with Gasteiger partial charge in [-0.25, -0.2) is 14.3 Å². The topological polar surface area (TPSA) is 77.0 Å². The van der Waals surface area contributed by atoms with Crippen LogP contribution in [-0.4, -0.2) is 39.0 Å². The summed E-state index contributed by atoms with van der Waals surface area (Å²) < 4.78 is 19.9. The highest BCUT2D eigenvalue weighted by Crippen LogP contribution is 2.19. The fourth-order valence-electron chi connectivity index (χ4n) is 2.42. The summed E-state index contributed by atoms with van der Waals surface area (Å²) in [4.78, 5) is 23.9. The average molecular weight is 337 g/mol. The van der Waals surface area contributed by atoms with Crippen molar-refractivity contribution in [3.05, 3.63) is 46.1 Å². The number of ketones is 1. The Bertz CT molecular complexity index is 735. The van der Waals surface area contributed by atoms with Gasteiger partial charge < -0.3 is 4.74 Å². The third-order valence-corrected chi connectivity index (χ3v) is 4.61. The maximum Gasteiger partial charge on any atom is 0.344 e. The van der Waals surface area contributed by atoms with Crippen molar-refractivity contribution in [2.75, 3.05) is 12.4 Å². The van der Waals surface area contributed by atoms with Crippen LogP contribution in [-0.2, 0) is 11.3 Å². The number of nitrogens with zero attached hydrogens (tertiary/aromatic N) is 2. The maximum atomic E-state index is 12.9. The lowest BCUT2D eigenvalue weighted by Crippen LogP contribution is -2.25. The van der Waals surface area contributed by atoms with Gasteiger partial charge in [0.2, 0.25) is 0 Å². The number of halogens is 1. The molecule has 0 saturated carbocycles. The minimum Gasteiger partial charge on any atom is -0.376 e. The van der Waals surface area contributed by atoms with E-state index >= 15 is 0 Å².